The number of aromatic nitrogens is 5. The number of rotatable bonds is 6. The smallest absolute Gasteiger partial charge is 0.147 e. The predicted octanol–water partition coefficient (Wildman–Crippen LogP) is 5.15. The van der Waals surface area contributed by atoms with E-state index in [9.17, 15) is 4.39 Å². The summed E-state index contributed by atoms with van der Waals surface area (Å²) in [6.45, 7) is 5.27. The monoisotopic (exact) mass is 426 g/mol. The molecule has 0 saturated carbocycles. The van der Waals surface area contributed by atoms with Crippen LogP contribution in [0, 0.1) is 19.7 Å². The van der Waals surface area contributed by atoms with E-state index in [1.165, 1.54) is 6.07 Å². The van der Waals surface area contributed by atoms with Crippen molar-refractivity contribution >= 4 is 16.7 Å². The molecule has 0 saturated heterocycles. The maximum absolute atomic E-state index is 14.5. The Morgan fingerprint density at radius 1 is 1.00 bits per heavy atom. The summed E-state index contributed by atoms with van der Waals surface area (Å²) in [5.74, 6) is 0.540. The summed E-state index contributed by atoms with van der Waals surface area (Å²) in [6.07, 6.45) is 5.22. The molecule has 0 aliphatic rings. The number of nitrogens with zero attached hydrogens (tertiary/aromatic N) is 5. The molecule has 0 bridgehead atoms. The van der Waals surface area contributed by atoms with Crippen LogP contribution >= 0.6 is 0 Å². The van der Waals surface area contributed by atoms with Crippen molar-refractivity contribution in [3.8, 4) is 16.9 Å². The van der Waals surface area contributed by atoms with Crippen LogP contribution in [-0.2, 0) is 6.54 Å². The van der Waals surface area contributed by atoms with Crippen LogP contribution in [0.15, 0.2) is 73.3 Å². The van der Waals surface area contributed by atoms with Crippen molar-refractivity contribution in [1.29, 1.82) is 0 Å². The second kappa shape index (κ2) is 8.26. The molecule has 160 valence electrons. The summed E-state index contributed by atoms with van der Waals surface area (Å²) in [6, 6.07) is 17.3. The molecule has 3 aromatic heterocycles. The Balaban J connectivity index is 1.31. The Bertz CT molecular complexity index is 1370. The number of hydrogen-bond acceptors (Lipinski definition) is 4. The maximum atomic E-state index is 14.5. The molecule has 1 N–H and O–H groups in total. The number of benzene rings is 2. The zero-order valence-corrected chi connectivity index (χ0v) is 18.0. The van der Waals surface area contributed by atoms with E-state index in [4.69, 9.17) is 0 Å². The molecule has 0 fully saturated rings. The molecule has 3 heterocycles. The molecule has 0 unspecified atom stereocenters. The minimum atomic E-state index is -0.193. The highest BCUT2D eigenvalue weighted by molar-refractivity contribution is 5.85. The number of anilines is 1. The van der Waals surface area contributed by atoms with Crippen molar-refractivity contribution in [3.63, 3.8) is 0 Å². The molecule has 5 rings (SSSR count). The molecule has 32 heavy (non-hydrogen) atoms. The predicted molar refractivity (Wildman–Crippen MR) is 124 cm³/mol. The second-order valence-electron chi connectivity index (χ2n) is 7.78. The van der Waals surface area contributed by atoms with Crippen LogP contribution in [0.5, 0.6) is 0 Å². The number of hydrogen-bond donors (Lipinski definition) is 1. The first-order valence-electron chi connectivity index (χ1n) is 10.5. The Morgan fingerprint density at radius 3 is 2.62 bits per heavy atom. The average molecular weight is 426 g/mol. The molecular weight excluding hydrogens is 403 g/mol. The molecule has 6 nitrogen and oxygen atoms in total. The molecule has 0 aliphatic heterocycles. The number of fused-ring (bicyclic) bond motifs is 1. The van der Waals surface area contributed by atoms with Gasteiger partial charge in [0.15, 0.2) is 0 Å². The minimum absolute atomic E-state index is 0.193. The maximum Gasteiger partial charge on any atom is 0.147 e. The van der Waals surface area contributed by atoms with Crippen molar-refractivity contribution in [2.24, 2.45) is 0 Å². The number of aryl methyl sites for hydroxylation is 2. The van der Waals surface area contributed by atoms with E-state index in [0.29, 0.717) is 18.6 Å². The average Bonchev–Trinajstić information content (AvgIpc) is 3.46. The Hall–Kier alpha value is -4.00. The highest BCUT2D eigenvalue weighted by atomic mass is 19.1. The number of halogens is 1. The van der Waals surface area contributed by atoms with Crippen LogP contribution < -0.4 is 5.32 Å². The van der Waals surface area contributed by atoms with Gasteiger partial charge in [-0.05, 0) is 49.7 Å². The normalized spacial score (nSPS) is 11.2. The van der Waals surface area contributed by atoms with Gasteiger partial charge in [0, 0.05) is 48.2 Å². The van der Waals surface area contributed by atoms with E-state index < -0.39 is 0 Å². The highest BCUT2D eigenvalue weighted by Gasteiger charge is 2.12. The van der Waals surface area contributed by atoms with Crippen molar-refractivity contribution < 1.29 is 4.39 Å². The van der Waals surface area contributed by atoms with Crippen LogP contribution in [0.25, 0.3) is 27.8 Å². The fraction of sp³-hybridized carbons (Fsp3) is 0.160. The van der Waals surface area contributed by atoms with Gasteiger partial charge in [0.05, 0.1) is 16.9 Å². The number of nitrogens with one attached hydrogen (secondary N) is 1. The van der Waals surface area contributed by atoms with E-state index in [1.807, 2.05) is 77.8 Å². The van der Waals surface area contributed by atoms with Gasteiger partial charge in [-0.2, -0.15) is 5.10 Å². The summed E-state index contributed by atoms with van der Waals surface area (Å²) < 4.78 is 18.3. The Morgan fingerprint density at radius 2 is 1.84 bits per heavy atom. The van der Waals surface area contributed by atoms with Gasteiger partial charge in [-0.25, -0.2) is 19.0 Å². The first-order chi connectivity index (χ1) is 15.6. The van der Waals surface area contributed by atoms with Crippen LogP contribution in [-0.4, -0.2) is 30.9 Å². The fourth-order valence-electron chi connectivity index (χ4n) is 4.00. The Kier molecular flexibility index (Phi) is 5.15. The van der Waals surface area contributed by atoms with Crippen LogP contribution in [0.1, 0.15) is 11.3 Å². The molecule has 0 radical (unpaired) electrons. The molecule has 0 aliphatic carbocycles. The van der Waals surface area contributed by atoms with Gasteiger partial charge in [-0.3, -0.25) is 0 Å². The van der Waals surface area contributed by atoms with Crippen molar-refractivity contribution in [2.75, 3.05) is 11.9 Å². The van der Waals surface area contributed by atoms with E-state index in [-0.39, 0.29) is 5.82 Å². The summed E-state index contributed by atoms with van der Waals surface area (Å²) >= 11 is 0. The lowest BCUT2D eigenvalue weighted by molar-refractivity contribution is 0.621. The van der Waals surface area contributed by atoms with E-state index in [1.54, 1.807) is 12.5 Å². The minimum Gasteiger partial charge on any atom is -0.368 e. The van der Waals surface area contributed by atoms with E-state index >= 15 is 0 Å². The first-order valence-corrected chi connectivity index (χ1v) is 10.5. The SMILES string of the molecule is Cc1ccc(F)c2c1cc(C)n2CCNc1cc(-c2ccc(-n3cccn3)cc2)ncn1. The molecule has 5 aromatic rings. The third-order valence-electron chi connectivity index (χ3n) is 5.68. The van der Waals surface area contributed by atoms with Gasteiger partial charge < -0.3 is 9.88 Å². The zero-order chi connectivity index (χ0) is 22.1. The third-order valence-corrected chi connectivity index (χ3v) is 5.68. The topological polar surface area (TPSA) is 60.6 Å². The lowest BCUT2D eigenvalue weighted by atomic mass is 10.1. The van der Waals surface area contributed by atoms with Crippen LogP contribution in [0.4, 0.5) is 10.2 Å². The molecular formula is C25H23FN6. The standard InChI is InChI=1S/C25H23FN6/c1-17-4-9-22(26)25-21(17)14-18(2)31(25)13-11-27-24-15-23(28-16-29-24)19-5-7-20(8-6-19)32-12-3-10-30-32/h3-10,12,14-16H,11,13H2,1-2H3,(H,27,28,29). The quantitative estimate of drug-likeness (QED) is 0.408. The second-order valence-corrected chi connectivity index (χ2v) is 7.78. The third kappa shape index (κ3) is 3.73. The summed E-state index contributed by atoms with van der Waals surface area (Å²) in [5, 5.41) is 8.56. The molecule has 0 amide bonds. The fourth-order valence-corrected chi connectivity index (χ4v) is 4.00. The van der Waals surface area contributed by atoms with Gasteiger partial charge in [0.1, 0.15) is 18.0 Å². The summed E-state index contributed by atoms with van der Waals surface area (Å²) in [4.78, 5) is 8.75. The Labute approximate surface area is 185 Å². The molecule has 7 heteroatoms. The van der Waals surface area contributed by atoms with Gasteiger partial charge in [0.2, 0.25) is 0 Å². The van der Waals surface area contributed by atoms with Crippen molar-refractivity contribution in [1.82, 2.24) is 24.3 Å². The summed E-state index contributed by atoms with van der Waals surface area (Å²) in [7, 11) is 0. The van der Waals surface area contributed by atoms with Gasteiger partial charge in [0.25, 0.3) is 0 Å². The van der Waals surface area contributed by atoms with Crippen molar-refractivity contribution in [3.05, 3.63) is 90.4 Å². The summed E-state index contributed by atoms with van der Waals surface area (Å²) in [5.41, 5.74) is 5.59. The molecule has 2 aromatic carbocycles. The zero-order valence-electron chi connectivity index (χ0n) is 18.0. The van der Waals surface area contributed by atoms with Crippen LogP contribution in [0.3, 0.4) is 0 Å². The van der Waals surface area contributed by atoms with Crippen molar-refractivity contribution in [2.45, 2.75) is 20.4 Å². The highest BCUT2D eigenvalue weighted by Crippen LogP contribution is 2.26. The van der Waals surface area contributed by atoms with E-state index in [2.05, 4.69) is 20.4 Å². The van der Waals surface area contributed by atoms with Gasteiger partial charge in [-0.1, -0.05) is 18.2 Å². The van der Waals surface area contributed by atoms with Gasteiger partial charge in [-0.15, -0.1) is 0 Å². The lowest BCUT2D eigenvalue weighted by Crippen LogP contribution is -2.13. The molecule has 0 spiro atoms. The van der Waals surface area contributed by atoms with Gasteiger partial charge >= 0.3 is 0 Å². The van der Waals surface area contributed by atoms with Crippen LogP contribution in [0.2, 0.25) is 0 Å². The van der Waals surface area contributed by atoms with E-state index in [0.717, 1.165) is 39.4 Å². The first kappa shape index (κ1) is 19.9. The lowest BCUT2D eigenvalue weighted by Gasteiger charge is -2.11. The molecule has 0 atom stereocenters. The largest absolute Gasteiger partial charge is 0.368 e.